The van der Waals surface area contributed by atoms with Gasteiger partial charge in [0.25, 0.3) is 0 Å². The molecule has 0 fully saturated rings. The van der Waals surface area contributed by atoms with E-state index in [4.69, 9.17) is 4.74 Å². The quantitative estimate of drug-likeness (QED) is 0.788. The number of methoxy groups -OCH3 is 1. The molecule has 0 bridgehead atoms. The third-order valence-corrected chi connectivity index (χ3v) is 4.34. The maximum Gasteiger partial charge on any atom is 0.248 e. The Hall–Kier alpha value is -2.10. The zero-order valence-corrected chi connectivity index (χ0v) is 13.4. The summed E-state index contributed by atoms with van der Waals surface area (Å²) in [5, 5.41) is 0. The van der Waals surface area contributed by atoms with Crippen LogP contribution in [0, 0.1) is 0 Å². The summed E-state index contributed by atoms with van der Waals surface area (Å²) in [7, 11) is 1.64. The molecule has 4 nitrogen and oxygen atoms in total. The lowest BCUT2D eigenvalue weighted by atomic mass is 9.91. The highest BCUT2D eigenvalue weighted by molar-refractivity contribution is 5.96. The molecule has 22 heavy (non-hydrogen) atoms. The molecule has 0 aliphatic carbocycles. The van der Waals surface area contributed by atoms with Crippen LogP contribution in [0.5, 0.6) is 0 Å². The number of amides is 1. The Balaban J connectivity index is 1.92. The largest absolute Gasteiger partial charge is 0.483 e. The van der Waals surface area contributed by atoms with Gasteiger partial charge in [0.1, 0.15) is 12.1 Å². The lowest BCUT2D eigenvalue weighted by Gasteiger charge is -2.41. The molecule has 4 heteroatoms. The van der Waals surface area contributed by atoms with Crippen LogP contribution in [0.3, 0.4) is 0 Å². The molecule has 3 rings (SSSR count). The molecular weight excluding hydrogens is 276 g/mol. The van der Waals surface area contributed by atoms with Crippen molar-refractivity contribution in [2.45, 2.75) is 45.3 Å². The highest BCUT2D eigenvalue weighted by Gasteiger charge is 2.40. The van der Waals surface area contributed by atoms with Crippen molar-refractivity contribution in [3.63, 3.8) is 0 Å². The minimum Gasteiger partial charge on any atom is -0.483 e. The van der Waals surface area contributed by atoms with Crippen LogP contribution in [0.1, 0.15) is 31.4 Å². The summed E-state index contributed by atoms with van der Waals surface area (Å²) < 4.78 is 5.50. The second kappa shape index (κ2) is 5.95. The smallest absolute Gasteiger partial charge is 0.248 e. The van der Waals surface area contributed by atoms with Crippen LogP contribution < -0.4 is 0 Å². The predicted molar refractivity (Wildman–Crippen MR) is 86.8 cm³/mol. The van der Waals surface area contributed by atoms with Crippen LogP contribution in [-0.4, -0.2) is 35.9 Å². The van der Waals surface area contributed by atoms with E-state index >= 15 is 0 Å². The normalized spacial score (nSPS) is 23.3. The molecule has 0 N–H and O–H groups in total. The Morgan fingerprint density at radius 3 is 2.77 bits per heavy atom. The number of hydrogen-bond donors (Lipinski definition) is 0. The fourth-order valence-electron chi connectivity index (χ4n) is 3.15. The van der Waals surface area contributed by atoms with Gasteiger partial charge in [-0.2, -0.15) is 0 Å². The van der Waals surface area contributed by atoms with Gasteiger partial charge in [-0.15, -0.1) is 0 Å². The third-order valence-electron chi connectivity index (χ3n) is 4.34. The van der Waals surface area contributed by atoms with Crippen LogP contribution in [0.15, 0.2) is 40.9 Å². The first-order valence-corrected chi connectivity index (χ1v) is 7.72. The number of ether oxygens (including phenoxy) is 1. The first-order valence-electron chi connectivity index (χ1n) is 7.72. The minimum atomic E-state index is -0.355. The Morgan fingerprint density at radius 1 is 1.36 bits per heavy atom. The van der Waals surface area contributed by atoms with E-state index < -0.39 is 0 Å². The van der Waals surface area contributed by atoms with Gasteiger partial charge in [-0.3, -0.25) is 4.79 Å². The Morgan fingerprint density at radius 2 is 2.09 bits per heavy atom. The maximum atomic E-state index is 12.8. The van der Waals surface area contributed by atoms with Gasteiger partial charge in [0.05, 0.1) is 7.11 Å². The van der Waals surface area contributed by atoms with E-state index in [-0.39, 0.29) is 18.0 Å². The van der Waals surface area contributed by atoms with E-state index in [1.54, 1.807) is 7.11 Å². The van der Waals surface area contributed by atoms with Gasteiger partial charge >= 0.3 is 0 Å². The first-order chi connectivity index (χ1) is 10.6. The maximum absolute atomic E-state index is 12.8. The Kier molecular flexibility index (Phi) is 4.01. The summed E-state index contributed by atoms with van der Waals surface area (Å²) >= 11 is 0. The zero-order chi connectivity index (χ0) is 15.7. The van der Waals surface area contributed by atoms with E-state index in [1.807, 2.05) is 30.9 Å². The molecule has 2 aliphatic rings. The second-order valence-corrected chi connectivity index (χ2v) is 6.16. The van der Waals surface area contributed by atoms with E-state index in [9.17, 15) is 4.79 Å². The molecule has 1 aromatic carbocycles. The predicted octanol–water partition coefficient (Wildman–Crippen LogP) is 2.72. The lowest BCUT2D eigenvalue weighted by molar-refractivity contribution is -0.135. The number of rotatable bonds is 2. The molecule has 0 spiro atoms. The summed E-state index contributed by atoms with van der Waals surface area (Å²) in [5.41, 5.74) is 3.71. The van der Waals surface area contributed by atoms with Gasteiger partial charge in [0, 0.05) is 13.0 Å². The van der Waals surface area contributed by atoms with Gasteiger partial charge in [0.15, 0.2) is 0 Å². The van der Waals surface area contributed by atoms with Crippen molar-refractivity contribution in [1.29, 1.82) is 0 Å². The summed E-state index contributed by atoms with van der Waals surface area (Å²) in [5.74, 6) is 0.791. The Labute approximate surface area is 131 Å². The standard InChI is InChI=1S/C18H22N2O2/c1-12(2)8-9-15-18(21)20-11-14-7-5-4-6-13(14)10-16(20)17(19-15)22-3/h4-8,15-16H,9-11H2,1-3H3/t15-,16+/m1/s1. The molecule has 2 atom stereocenters. The van der Waals surface area contributed by atoms with Crippen LogP contribution in [0.4, 0.5) is 0 Å². The zero-order valence-electron chi connectivity index (χ0n) is 13.4. The van der Waals surface area contributed by atoms with Crippen molar-refractivity contribution in [2.75, 3.05) is 7.11 Å². The molecule has 0 radical (unpaired) electrons. The number of aliphatic imine (C=N–C) groups is 1. The van der Waals surface area contributed by atoms with Gasteiger partial charge in [0.2, 0.25) is 11.8 Å². The number of benzene rings is 1. The van der Waals surface area contributed by atoms with E-state index in [1.165, 1.54) is 16.7 Å². The van der Waals surface area contributed by atoms with Crippen molar-refractivity contribution in [3.05, 3.63) is 47.0 Å². The molecule has 116 valence electrons. The fraction of sp³-hybridized carbons (Fsp3) is 0.444. The molecule has 0 saturated carbocycles. The number of nitrogens with zero attached hydrogens (tertiary/aromatic N) is 2. The average Bonchev–Trinajstić information content (AvgIpc) is 2.53. The lowest BCUT2D eigenvalue weighted by Crippen LogP contribution is -2.55. The summed E-state index contributed by atoms with van der Waals surface area (Å²) in [6, 6.07) is 7.88. The molecular formula is C18H22N2O2. The highest BCUT2D eigenvalue weighted by atomic mass is 16.5. The summed E-state index contributed by atoms with van der Waals surface area (Å²) in [4.78, 5) is 19.3. The third kappa shape index (κ3) is 2.65. The number of carbonyl (C=O) groups excluding carboxylic acids is 1. The second-order valence-electron chi connectivity index (χ2n) is 6.16. The number of hydrogen-bond acceptors (Lipinski definition) is 3. The fourth-order valence-corrected chi connectivity index (χ4v) is 3.15. The summed E-state index contributed by atoms with van der Waals surface area (Å²) in [6.45, 7) is 4.72. The SMILES string of the molecule is COC1=N[C@H](CC=C(C)C)C(=O)N2Cc3ccccc3C[C@@H]12. The van der Waals surface area contributed by atoms with Gasteiger partial charge in [-0.25, -0.2) is 4.99 Å². The van der Waals surface area contributed by atoms with E-state index in [2.05, 4.69) is 23.2 Å². The highest BCUT2D eigenvalue weighted by Crippen LogP contribution is 2.29. The molecule has 1 aromatic rings. The Bertz CT molecular complexity index is 644. The molecule has 0 aromatic heterocycles. The summed E-state index contributed by atoms with van der Waals surface area (Å²) in [6.07, 6.45) is 3.49. The van der Waals surface area contributed by atoms with Crippen LogP contribution >= 0.6 is 0 Å². The van der Waals surface area contributed by atoms with Crippen molar-refractivity contribution in [1.82, 2.24) is 4.90 Å². The molecule has 0 unspecified atom stereocenters. The van der Waals surface area contributed by atoms with Crippen molar-refractivity contribution >= 4 is 11.8 Å². The average molecular weight is 298 g/mol. The van der Waals surface area contributed by atoms with Crippen LogP contribution in [0.2, 0.25) is 0 Å². The van der Waals surface area contributed by atoms with Gasteiger partial charge in [-0.1, -0.05) is 35.9 Å². The number of fused-ring (bicyclic) bond motifs is 2. The van der Waals surface area contributed by atoms with E-state index in [0.717, 1.165) is 6.42 Å². The molecule has 2 heterocycles. The van der Waals surface area contributed by atoms with Crippen molar-refractivity contribution < 1.29 is 9.53 Å². The molecule has 0 saturated heterocycles. The van der Waals surface area contributed by atoms with Gasteiger partial charge < -0.3 is 9.64 Å². The minimum absolute atomic E-state index is 0.0599. The first kappa shape index (κ1) is 14.8. The number of allylic oxidation sites excluding steroid dienone is 1. The topological polar surface area (TPSA) is 41.9 Å². The van der Waals surface area contributed by atoms with Crippen molar-refractivity contribution in [2.24, 2.45) is 4.99 Å². The van der Waals surface area contributed by atoms with E-state index in [0.29, 0.717) is 18.9 Å². The van der Waals surface area contributed by atoms with Crippen LogP contribution in [-0.2, 0) is 22.5 Å². The van der Waals surface area contributed by atoms with Gasteiger partial charge in [-0.05, 0) is 31.4 Å². The monoisotopic (exact) mass is 298 g/mol. The molecule has 1 amide bonds. The van der Waals surface area contributed by atoms with Crippen LogP contribution in [0.25, 0.3) is 0 Å². The molecule has 2 aliphatic heterocycles. The number of carbonyl (C=O) groups is 1. The van der Waals surface area contributed by atoms with Crippen molar-refractivity contribution in [3.8, 4) is 0 Å².